The van der Waals surface area contributed by atoms with Gasteiger partial charge in [0.2, 0.25) is 23.6 Å². The zero-order valence-corrected chi connectivity index (χ0v) is 46.4. The van der Waals surface area contributed by atoms with E-state index in [-0.39, 0.29) is 84.6 Å². The number of amides is 7. The Morgan fingerprint density at radius 2 is 1.48 bits per heavy atom. The Morgan fingerprint density at radius 3 is 2.11 bits per heavy atom. The second-order valence-electron chi connectivity index (χ2n) is 22.1. The van der Waals surface area contributed by atoms with Crippen molar-refractivity contribution in [2.75, 3.05) is 47.9 Å². The minimum Gasteiger partial charge on any atom is -0.379 e. The molecule has 2 aromatic rings. The number of hydrogen-bond donors (Lipinski definition) is 2. The monoisotopic (exact) mass is 1040 g/mol. The van der Waals surface area contributed by atoms with E-state index < -0.39 is 47.8 Å². The van der Waals surface area contributed by atoms with Gasteiger partial charge in [-0.2, -0.15) is 0 Å². The quantitative estimate of drug-likeness (QED) is 0.0789. The molecule has 0 bridgehead atoms. The molecule has 10 atom stereocenters. The highest BCUT2D eigenvalue weighted by Gasteiger charge is 2.64. The fourth-order valence-corrected chi connectivity index (χ4v) is 11.7. The van der Waals surface area contributed by atoms with Gasteiger partial charge in [-0.15, -0.1) is 0 Å². The summed E-state index contributed by atoms with van der Waals surface area (Å²) in [4.78, 5) is 109. The summed E-state index contributed by atoms with van der Waals surface area (Å²) in [5, 5.41) is 7.70. The van der Waals surface area contributed by atoms with Gasteiger partial charge in [-0.05, 0) is 80.1 Å². The van der Waals surface area contributed by atoms with Gasteiger partial charge in [-0.3, -0.25) is 48.2 Å². The maximum absolute atomic E-state index is 14.7. The van der Waals surface area contributed by atoms with Crippen molar-refractivity contribution in [3.8, 4) is 0 Å². The van der Waals surface area contributed by atoms with Gasteiger partial charge in [0.25, 0.3) is 17.7 Å². The van der Waals surface area contributed by atoms with Crippen LogP contribution in [0.25, 0.3) is 0 Å². The van der Waals surface area contributed by atoms with Crippen molar-refractivity contribution >= 4 is 41.4 Å². The summed E-state index contributed by atoms with van der Waals surface area (Å²) < 4.78 is 12.3. The second kappa shape index (κ2) is 26.5. The zero-order chi connectivity index (χ0) is 54.7. The number of fused-ring (bicyclic) bond motifs is 1. The summed E-state index contributed by atoms with van der Waals surface area (Å²) in [6, 6.07) is 15.2. The summed E-state index contributed by atoms with van der Waals surface area (Å²) in [6.45, 7) is 15.7. The number of carbonyl (C=O) groups is 7. The Labute approximate surface area is 445 Å². The molecule has 0 aromatic heterocycles. The van der Waals surface area contributed by atoms with Crippen LogP contribution >= 0.6 is 0 Å². The lowest BCUT2D eigenvalue weighted by atomic mass is 9.89. The van der Waals surface area contributed by atoms with E-state index in [0.29, 0.717) is 51.7 Å². The van der Waals surface area contributed by atoms with Gasteiger partial charge >= 0.3 is 0 Å². The molecule has 2 N–H and O–H groups in total. The number of imide groups is 1. The molecule has 1 saturated carbocycles. The first-order valence-electron chi connectivity index (χ1n) is 27.3. The fourth-order valence-electron chi connectivity index (χ4n) is 11.7. The van der Waals surface area contributed by atoms with E-state index >= 15 is 0 Å². The highest BCUT2D eigenvalue weighted by Crippen LogP contribution is 2.53. The molecule has 0 spiro atoms. The van der Waals surface area contributed by atoms with E-state index in [2.05, 4.69) is 10.6 Å². The molecule has 1 saturated heterocycles. The average molecular weight is 1040 g/mol. The van der Waals surface area contributed by atoms with Crippen LogP contribution in [0, 0.1) is 23.7 Å². The van der Waals surface area contributed by atoms with Crippen LogP contribution in [0.4, 0.5) is 0 Å². The number of benzene rings is 2. The van der Waals surface area contributed by atoms with Crippen molar-refractivity contribution in [3.63, 3.8) is 0 Å². The van der Waals surface area contributed by atoms with Crippen molar-refractivity contribution in [2.24, 2.45) is 23.7 Å². The molecule has 7 unspecified atom stereocenters. The number of carbonyl (C=O) groups excluding carboxylic acids is 7. The molecular formula is C58H85N7O10. The molecule has 2 aromatic carbocycles. The van der Waals surface area contributed by atoms with E-state index in [9.17, 15) is 33.6 Å². The highest BCUT2D eigenvalue weighted by atomic mass is 16.7. The molecule has 0 radical (unpaired) electrons. The summed E-state index contributed by atoms with van der Waals surface area (Å²) in [5.41, 5.74) is 1.72. The number of methoxy groups -OCH3 is 2. The molecule has 4 aliphatic rings. The van der Waals surface area contributed by atoms with Gasteiger partial charge in [0.15, 0.2) is 0 Å². The molecule has 2 fully saturated rings. The van der Waals surface area contributed by atoms with Crippen LogP contribution in [0.3, 0.4) is 0 Å². The van der Waals surface area contributed by atoms with E-state index in [1.54, 1.807) is 38.0 Å². The fraction of sp³-hybridized carbons (Fsp3) is 0.638. The lowest BCUT2D eigenvalue weighted by Crippen LogP contribution is -2.60. The first kappa shape index (κ1) is 58.8. The predicted molar refractivity (Wildman–Crippen MR) is 285 cm³/mol. The van der Waals surface area contributed by atoms with Crippen LogP contribution in [-0.4, -0.2) is 156 Å². The van der Waals surface area contributed by atoms with E-state index in [1.807, 2.05) is 108 Å². The molecule has 6 rings (SSSR count). The Morgan fingerprint density at radius 1 is 0.827 bits per heavy atom. The Bertz CT molecular complexity index is 2330. The molecule has 1 aliphatic carbocycles. The highest BCUT2D eigenvalue weighted by molar-refractivity contribution is 6.12. The van der Waals surface area contributed by atoms with Crippen molar-refractivity contribution in [1.82, 2.24) is 35.3 Å². The summed E-state index contributed by atoms with van der Waals surface area (Å²) >= 11 is 0. The first-order valence-corrected chi connectivity index (χ1v) is 27.3. The number of hydrogen-bond acceptors (Lipinski definition) is 11. The maximum atomic E-state index is 14.7. The minimum atomic E-state index is -1.23. The molecule has 75 heavy (non-hydrogen) atoms. The van der Waals surface area contributed by atoms with Crippen LogP contribution in [0.15, 0.2) is 66.7 Å². The number of rotatable bonds is 27. The summed E-state index contributed by atoms with van der Waals surface area (Å²) in [6.07, 6.45) is 6.81. The van der Waals surface area contributed by atoms with Crippen molar-refractivity contribution in [2.45, 2.75) is 167 Å². The molecular weight excluding hydrogens is 955 g/mol. The Balaban J connectivity index is 1.09. The second-order valence-corrected chi connectivity index (χ2v) is 22.1. The average Bonchev–Trinajstić information content (AvgIpc) is 3.74. The van der Waals surface area contributed by atoms with Gasteiger partial charge < -0.3 is 29.9 Å². The number of likely N-dealkylation sites (N-methyl/N-ethyl adjacent to an activating group) is 2. The Kier molecular flexibility index (Phi) is 20.8. The van der Waals surface area contributed by atoms with Crippen LogP contribution in [0.5, 0.6) is 0 Å². The van der Waals surface area contributed by atoms with Crippen molar-refractivity contribution < 1.29 is 47.9 Å². The lowest BCUT2D eigenvalue weighted by molar-refractivity contribution is -0.204. The van der Waals surface area contributed by atoms with Gasteiger partial charge in [-0.1, -0.05) is 122 Å². The molecule has 7 amide bonds. The normalized spacial score (nSPS) is 22.2. The standard InChI is InChI=1S/C58H85N7O10/c1-12-39(6)52(62(9)56(71)50(37(2)3)59-55(70)51(38(4)5)61(8)30-20-13-14-21-31-64-47(66)28-29-48(64)67)46(73-10)33-49(68)63-32-22-27-45(63)53(74-11)40(7)54(69)60-58(34-44(58)41-23-16-15-17-24-41)57(72)65-35-42-25-18-19-26-43(42)36-75-65/h15-19,23-26,28-29,37-40,44-46,50-53H,12-14,20-22,27,30-36H2,1-11H3,(H,59,70)(H,60,69)/t39?,40?,44-,45+,46?,50?,51?,52?,53?,58+/m1/s1. The number of nitrogens with zero attached hydrogens (tertiary/aromatic N) is 5. The van der Waals surface area contributed by atoms with Gasteiger partial charge in [0, 0.05) is 52.4 Å². The molecule has 3 aliphatic heterocycles. The summed E-state index contributed by atoms with van der Waals surface area (Å²) in [5.74, 6) is -3.31. The van der Waals surface area contributed by atoms with E-state index in [0.717, 1.165) is 36.0 Å². The number of nitrogens with one attached hydrogen (secondary N) is 2. The van der Waals surface area contributed by atoms with Gasteiger partial charge in [0.1, 0.15) is 18.2 Å². The van der Waals surface area contributed by atoms with E-state index in [1.165, 1.54) is 22.1 Å². The number of unbranched alkanes of at least 4 members (excludes halogenated alkanes) is 3. The van der Waals surface area contributed by atoms with Crippen LogP contribution < -0.4 is 10.6 Å². The smallest absolute Gasteiger partial charge is 0.272 e. The third-order valence-electron chi connectivity index (χ3n) is 16.3. The van der Waals surface area contributed by atoms with Crippen molar-refractivity contribution in [1.29, 1.82) is 0 Å². The Hall–Kier alpha value is -5.49. The zero-order valence-electron chi connectivity index (χ0n) is 46.4. The van der Waals surface area contributed by atoms with Gasteiger partial charge in [-0.25, -0.2) is 5.06 Å². The lowest BCUT2D eigenvalue weighted by Gasteiger charge is -2.41. The first-order chi connectivity index (χ1) is 35.8. The van der Waals surface area contributed by atoms with Gasteiger partial charge in [0.05, 0.1) is 49.2 Å². The molecule has 3 heterocycles. The molecule has 17 heteroatoms. The SMILES string of the molecule is CCC(C)C(C(CC(=O)N1CCC[C@H]1C(OC)C(C)C(=O)N[C@@]1(C(=O)N2Cc3ccccc3CO2)C[C@@H]1c1ccccc1)OC)N(C)C(=O)C(NC(=O)C(C(C)C)N(C)CCCCCCN1C(=O)C=CC1=O)C(C)C. The predicted octanol–water partition coefficient (Wildman–Crippen LogP) is 6.01. The number of likely N-dealkylation sites (tertiary alicyclic amines) is 1. The van der Waals surface area contributed by atoms with Crippen LogP contribution in [0.1, 0.15) is 129 Å². The summed E-state index contributed by atoms with van der Waals surface area (Å²) in [7, 11) is 6.75. The third kappa shape index (κ3) is 13.7. The number of ether oxygens (including phenoxy) is 2. The number of hydroxylamine groups is 2. The third-order valence-corrected chi connectivity index (χ3v) is 16.3. The van der Waals surface area contributed by atoms with E-state index in [4.69, 9.17) is 14.3 Å². The maximum Gasteiger partial charge on any atom is 0.272 e. The topological polar surface area (TPSA) is 187 Å². The van der Waals surface area contributed by atoms with Crippen LogP contribution in [-0.2, 0) is 61.0 Å². The van der Waals surface area contributed by atoms with Crippen LogP contribution in [0.2, 0.25) is 0 Å². The minimum absolute atomic E-state index is 0.0311. The molecule has 17 nitrogen and oxygen atoms in total. The largest absolute Gasteiger partial charge is 0.379 e. The van der Waals surface area contributed by atoms with Crippen molar-refractivity contribution in [3.05, 3.63) is 83.4 Å². The molecule has 412 valence electrons.